The van der Waals surface area contributed by atoms with Gasteiger partial charge >= 0.3 is 0 Å². The van der Waals surface area contributed by atoms with E-state index in [2.05, 4.69) is 10.2 Å². The molecule has 1 heterocycles. The van der Waals surface area contributed by atoms with Crippen molar-refractivity contribution in [3.8, 4) is 22.4 Å². The fraction of sp³-hybridized carbons (Fsp3) is 0.136. The van der Waals surface area contributed by atoms with Gasteiger partial charge in [-0.05, 0) is 60.0 Å². The lowest BCUT2D eigenvalue weighted by Gasteiger charge is -2.17. The van der Waals surface area contributed by atoms with Crippen molar-refractivity contribution in [2.24, 2.45) is 0 Å². The van der Waals surface area contributed by atoms with E-state index in [1.165, 1.54) is 30.3 Å². The Kier molecular flexibility index (Phi) is 5.50. The predicted molar refractivity (Wildman–Crippen MR) is 102 cm³/mol. The van der Waals surface area contributed by atoms with Crippen molar-refractivity contribution in [1.29, 1.82) is 0 Å². The van der Waals surface area contributed by atoms with Crippen molar-refractivity contribution in [2.75, 3.05) is 0 Å². The van der Waals surface area contributed by atoms with E-state index in [-0.39, 0.29) is 17.6 Å². The predicted octanol–water partition coefficient (Wildman–Crippen LogP) is 5.42. The number of nitrogens with zero attached hydrogens (tertiary/aromatic N) is 2. The number of carbonyl (C=O) groups is 1. The lowest BCUT2D eigenvalue weighted by atomic mass is 9.91. The molecule has 5 heteroatoms. The van der Waals surface area contributed by atoms with Crippen LogP contribution in [0.1, 0.15) is 31.0 Å². The van der Waals surface area contributed by atoms with Crippen LogP contribution >= 0.6 is 0 Å². The van der Waals surface area contributed by atoms with Crippen LogP contribution in [-0.2, 0) is 4.79 Å². The standard InChI is InChI=1S/C22H18F2N2O/c1-14(2)21-19(4-3-13-27)20(15-5-9-17(23)10-6-15)22(26-25-21)16-7-11-18(24)12-8-16/h3-14H,1-2H3/b4-3+. The summed E-state index contributed by atoms with van der Waals surface area (Å²) in [5, 5.41) is 8.73. The smallest absolute Gasteiger partial charge is 0.142 e. The lowest BCUT2D eigenvalue weighted by molar-refractivity contribution is -0.104. The summed E-state index contributed by atoms with van der Waals surface area (Å²) in [6, 6.07) is 12.0. The minimum atomic E-state index is -0.352. The Bertz CT molecular complexity index is 978. The van der Waals surface area contributed by atoms with Crippen LogP contribution in [0, 0.1) is 11.6 Å². The zero-order valence-corrected chi connectivity index (χ0v) is 15.0. The van der Waals surface area contributed by atoms with E-state index in [1.54, 1.807) is 30.3 Å². The fourth-order valence-electron chi connectivity index (χ4n) is 2.91. The third-order valence-electron chi connectivity index (χ3n) is 4.18. The lowest BCUT2D eigenvalue weighted by Crippen LogP contribution is -2.05. The summed E-state index contributed by atoms with van der Waals surface area (Å²) in [5.41, 5.74) is 4.13. The van der Waals surface area contributed by atoms with Crippen LogP contribution < -0.4 is 0 Å². The number of carbonyl (C=O) groups excluding carboxylic acids is 1. The van der Waals surface area contributed by atoms with Crippen molar-refractivity contribution in [2.45, 2.75) is 19.8 Å². The third kappa shape index (κ3) is 3.97. The Labute approximate surface area is 156 Å². The molecule has 0 radical (unpaired) electrons. The Morgan fingerprint density at radius 3 is 1.93 bits per heavy atom. The summed E-state index contributed by atoms with van der Waals surface area (Å²) >= 11 is 0. The van der Waals surface area contributed by atoms with E-state index in [4.69, 9.17) is 0 Å². The Morgan fingerprint density at radius 1 is 0.852 bits per heavy atom. The van der Waals surface area contributed by atoms with Crippen molar-refractivity contribution < 1.29 is 13.6 Å². The van der Waals surface area contributed by atoms with Gasteiger partial charge in [-0.25, -0.2) is 8.78 Å². The molecule has 3 aromatic rings. The van der Waals surface area contributed by atoms with Crippen LogP contribution in [0.4, 0.5) is 8.78 Å². The first-order valence-corrected chi connectivity index (χ1v) is 8.55. The maximum Gasteiger partial charge on any atom is 0.142 e. The van der Waals surface area contributed by atoms with Gasteiger partial charge in [0.25, 0.3) is 0 Å². The number of aldehydes is 1. The van der Waals surface area contributed by atoms with E-state index in [0.29, 0.717) is 17.5 Å². The van der Waals surface area contributed by atoms with Gasteiger partial charge in [-0.15, -0.1) is 5.10 Å². The van der Waals surface area contributed by atoms with E-state index in [1.807, 2.05) is 13.8 Å². The van der Waals surface area contributed by atoms with Gasteiger partial charge in [0.1, 0.15) is 23.6 Å². The van der Waals surface area contributed by atoms with Gasteiger partial charge in [-0.3, -0.25) is 4.79 Å². The quantitative estimate of drug-likeness (QED) is 0.448. The molecule has 0 fully saturated rings. The Morgan fingerprint density at radius 2 is 1.41 bits per heavy atom. The molecule has 0 amide bonds. The van der Waals surface area contributed by atoms with Crippen LogP contribution in [0.3, 0.4) is 0 Å². The molecule has 2 aromatic carbocycles. The van der Waals surface area contributed by atoms with Crippen LogP contribution in [0.5, 0.6) is 0 Å². The number of benzene rings is 2. The summed E-state index contributed by atoms with van der Waals surface area (Å²) in [6.07, 6.45) is 3.77. The number of aromatic nitrogens is 2. The van der Waals surface area contributed by atoms with Gasteiger partial charge in [-0.1, -0.05) is 26.0 Å². The monoisotopic (exact) mass is 364 g/mol. The molecule has 0 atom stereocenters. The van der Waals surface area contributed by atoms with Gasteiger partial charge in [0.05, 0.1) is 5.69 Å². The molecular weight excluding hydrogens is 346 g/mol. The molecule has 27 heavy (non-hydrogen) atoms. The van der Waals surface area contributed by atoms with E-state index < -0.39 is 0 Å². The highest BCUT2D eigenvalue weighted by Crippen LogP contribution is 2.37. The summed E-state index contributed by atoms with van der Waals surface area (Å²) in [4.78, 5) is 10.9. The zero-order chi connectivity index (χ0) is 19.4. The maximum absolute atomic E-state index is 13.5. The number of allylic oxidation sites excluding steroid dienone is 1. The average Bonchev–Trinajstić information content (AvgIpc) is 2.67. The zero-order valence-electron chi connectivity index (χ0n) is 15.0. The first-order chi connectivity index (χ1) is 13.0. The summed E-state index contributed by atoms with van der Waals surface area (Å²) in [6.45, 7) is 3.96. The van der Waals surface area contributed by atoms with Crippen molar-refractivity contribution in [3.05, 3.63) is 77.5 Å². The molecule has 0 aliphatic carbocycles. The molecule has 1 aromatic heterocycles. The first kappa shape index (κ1) is 18.6. The van der Waals surface area contributed by atoms with E-state index in [9.17, 15) is 13.6 Å². The topological polar surface area (TPSA) is 42.9 Å². The first-order valence-electron chi connectivity index (χ1n) is 8.55. The van der Waals surface area contributed by atoms with Crippen molar-refractivity contribution >= 4 is 12.4 Å². The third-order valence-corrected chi connectivity index (χ3v) is 4.18. The molecule has 0 saturated heterocycles. The normalized spacial score (nSPS) is 11.3. The number of hydrogen-bond donors (Lipinski definition) is 0. The van der Waals surface area contributed by atoms with E-state index >= 15 is 0 Å². The molecular formula is C22H18F2N2O. The second kappa shape index (κ2) is 7.99. The van der Waals surface area contributed by atoms with Gasteiger partial charge in [-0.2, -0.15) is 5.10 Å². The van der Waals surface area contributed by atoms with Crippen LogP contribution in [0.25, 0.3) is 28.5 Å². The van der Waals surface area contributed by atoms with Crippen molar-refractivity contribution in [3.63, 3.8) is 0 Å². The van der Waals surface area contributed by atoms with Gasteiger partial charge in [0.15, 0.2) is 0 Å². The largest absolute Gasteiger partial charge is 0.299 e. The second-order valence-corrected chi connectivity index (χ2v) is 6.39. The summed E-state index contributed by atoms with van der Waals surface area (Å²) in [5.74, 6) is -0.640. The highest BCUT2D eigenvalue weighted by atomic mass is 19.1. The number of halogens is 2. The van der Waals surface area contributed by atoms with Crippen LogP contribution in [0.2, 0.25) is 0 Å². The van der Waals surface area contributed by atoms with E-state index in [0.717, 1.165) is 22.4 Å². The highest BCUT2D eigenvalue weighted by molar-refractivity contribution is 5.89. The average molecular weight is 364 g/mol. The molecule has 0 saturated carbocycles. The number of hydrogen-bond acceptors (Lipinski definition) is 3. The molecule has 3 rings (SSSR count). The minimum absolute atomic E-state index is 0.0604. The number of rotatable bonds is 5. The Balaban J connectivity index is 2.36. The summed E-state index contributed by atoms with van der Waals surface area (Å²) in [7, 11) is 0. The minimum Gasteiger partial charge on any atom is -0.299 e. The molecule has 3 nitrogen and oxygen atoms in total. The second-order valence-electron chi connectivity index (χ2n) is 6.39. The van der Waals surface area contributed by atoms with Gasteiger partial charge in [0.2, 0.25) is 0 Å². The van der Waals surface area contributed by atoms with Crippen molar-refractivity contribution in [1.82, 2.24) is 10.2 Å². The molecule has 136 valence electrons. The highest BCUT2D eigenvalue weighted by Gasteiger charge is 2.19. The van der Waals surface area contributed by atoms with Crippen LogP contribution in [-0.4, -0.2) is 16.5 Å². The fourth-order valence-corrected chi connectivity index (χ4v) is 2.91. The molecule has 0 N–H and O–H groups in total. The molecule has 0 aliphatic heterocycles. The molecule has 0 spiro atoms. The SMILES string of the molecule is CC(C)c1nnc(-c2ccc(F)cc2)c(-c2ccc(F)cc2)c1/C=C/C=O. The maximum atomic E-state index is 13.5. The van der Waals surface area contributed by atoms with Crippen LogP contribution in [0.15, 0.2) is 54.6 Å². The Hall–Kier alpha value is -3.21. The van der Waals surface area contributed by atoms with Gasteiger partial charge in [0, 0.05) is 16.7 Å². The molecule has 0 unspecified atom stereocenters. The molecule has 0 aliphatic rings. The van der Waals surface area contributed by atoms with Gasteiger partial charge < -0.3 is 0 Å². The molecule has 0 bridgehead atoms. The summed E-state index contributed by atoms with van der Waals surface area (Å²) < 4.78 is 26.8.